The maximum absolute atomic E-state index is 2.66. The summed E-state index contributed by atoms with van der Waals surface area (Å²) in [5.41, 5.74) is 9.24. The molecule has 2 aliphatic rings. The van der Waals surface area contributed by atoms with E-state index in [0.717, 1.165) is 6.42 Å². The van der Waals surface area contributed by atoms with Crippen LogP contribution in [0.5, 0.6) is 0 Å². The predicted octanol–water partition coefficient (Wildman–Crippen LogP) is 3.33. The molecule has 1 unspecified atom stereocenters. The zero-order valence-corrected chi connectivity index (χ0v) is 27.3. The van der Waals surface area contributed by atoms with E-state index < -0.39 is 21.3 Å². The van der Waals surface area contributed by atoms with Gasteiger partial charge in [-0.3, -0.25) is 0 Å². The van der Waals surface area contributed by atoms with Gasteiger partial charge in [0.05, 0.1) is 0 Å². The smallest absolute Gasteiger partial charge is 1.00 e. The van der Waals surface area contributed by atoms with Gasteiger partial charge < -0.3 is 24.8 Å². The molecule has 0 aromatic heterocycles. The monoisotopic (exact) mass is 618 g/mol. The van der Waals surface area contributed by atoms with Gasteiger partial charge in [-0.1, -0.05) is 0 Å². The number of rotatable bonds is 4. The molecule has 2 aliphatic carbocycles. The quantitative estimate of drug-likeness (QED) is 0.420. The summed E-state index contributed by atoms with van der Waals surface area (Å²) < 4.78 is 3.87. The van der Waals surface area contributed by atoms with Crippen LogP contribution in [0.2, 0.25) is 0 Å². The van der Waals surface area contributed by atoms with E-state index in [2.05, 4.69) is 145 Å². The summed E-state index contributed by atoms with van der Waals surface area (Å²) in [6, 6.07) is 31.6. The van der Waals surface area contributed by atoms with Gasteiger partial charge in [0.1, 0.15) is 0 Å². The molecule has 196 valence electrons. The Morgan fingerprint density at radius 2 is 1.21 bits per heavy atom. The zero-order valence-electron chi connectivity index (χ0n) is 23.4. The van der Waals surface area contributed by atoms with Crippen LogP contribution in [-0.2, 0) is 21.3 Å². The Hall–Kier alpha value is -1.79. The maximum atomic E-state index is 2.66. The van der Waals surface area contributed by atoms with Crippen LogP contribution in [0.25, 0.3) is 6.08 Å². The molecular formula is C35H38Cl2Zr. The minimum Gasteiger partial charge on any atom is -1.00 e. The molecule has 0 radical (unpaired) electrons. The minimum absolute atomic E-state index is 0. The Bertz CT molecular complexity index is 1350. The normalized spacial score (nSPS) is 16.1. The van der Waals surface area contributed by atoms with Crippen LogP contribution in [0.15, 0.2) is 112 Å². The zero-order chi connectivity index (χ0) is 25.5. The summed E-state index contributed by atoms with van der Waals surface area (Å²) in [5, 5.41) is 0. The van der Waals surface area contributed by atoms with Gasteiger partial charge >= 0.3 is 227 Å². The van der Waals surface area contributed by atoms with Crippen molar-refractivity contribution in [3.63, 3.8) is 0 Å². The van der Waals surface area contributed by atoms with E-state index in [1.165, 1.54) is 22.3 Å². The first-order chi connectivity index (χ1) is 17.1. The number of hydrogen-bond acceptors (Lipinski definition) is 0. The predicted molar refractivity (Wildman–Crippen MR) is 153 cm³/mol. The third-order valence-corrected chi connectivity index (χ3v) is 15.6. The van der Waals surface area contributed by atoms with Crippen LogP contribution < -0.4 is 24.8 Å². The van der Waals surface area contributed by atoms with Crippen molar-refractivity contribution < 1.29 is 46.1 Å². The van der Waals surface area contributed by atoms with Crippen molar-refractivity contribution in [2.24, 2.45) is 10.8 Å². The van der Waals surface area contributed by atoms with Gasteiger partial charge in [0.25, 0.3) is 0 Å². The summed E-state index contributed by atoms with van der Waals surface area (Å²) in [4.78, 5) is 0. The molecule has 0 spiro atoms. The SMILES string of the molecule is CC(C)(C)C1=C(C(C)(C)C)C[C]([Zr+2](=[C](c2ccccc2)c2ccccc2)[CH]2C=Cc3ccccc32)=C1.[Cl-].[Cl-]. The van der Waals surface area contributed by atoms with Crippen LogP contribution in [0.1, 0.15) is 73.8 Å². The van der Waals surface area contributed by atoms with Crippen molar-refractivity contribution in [1.29, 1.82) is 0 Å². The Balaban J connectivity index is 0.00000200. The average Bonchev–Trinajstić information content (AvgIpc) is 3.49. The van der Waals surface area contributed by atoms with Crippen molar-refractivity contribution in [1.82, 2.24) is 0 Å². The van der Waals surface area contributed by atoms with Gasteiger partial charge in [0.2, 0.25) is 0 Å². The average molecular weight is 621 g/mol. The molecule has 1 atom stereocenters. The fourth-order valence-electron chi connectivity index (χ4n) is 5.81. The first kappa shape index (κ1) is 30.8. The van der Waals surface area contributed by atoms with Crippen LogP contribution >= 0.6 is 0 Å². The molecule has 3 aromatic rings. The van der Waals surface area contributed by atoms with Crippen LogP contribution in [0, 0.1) is 10.8 Å². The molecule has 0 bridgehead atoms. The Labute approximate surface area is 249 Å². The number of allylic oxidation sites excluding steroid dienone is 5. The summed E-state index contributed by atoms with van der Waals surface area (Å²) in [5.74, 6) is 0. The van der Waals surface area contributed by atoms with E-state index in [9.17, 15) is 0 Å². The van der Waals surface area contributed by atoms with Crippen molar-refractivity contribution in [2.45, 2.75) is 51.6 Å². The van der Waals surface area contributed by atoms with Crippen molar-refractivity contribution in [3.05, 3.63) is 134 Å². The standard InChI is InChI=1S/C13H10.C13H21.C9H7.2ClH.Zr/c1-3-7-12(8-4-1)11-13-9-5-2-6-10-13;1-12(2,3)10-8-7-9-11(10)13(4,5)6;1-2-5-9-7-3-6-8(9)4-1;;;/h1-10H;8H,9H2,1-6H3;1-7H;2*1H;/q;;;;;+2/p-2. The first-order valence-electron chi connectivity index (χ1n) is 13.2. The largest absolute Gasteiger partial charge is 1.00 e. The molecule has 3 heteroatoms. The Kier molecular flexibility index (Phi) is 9.84. The fourth-order valence-corrected chi connectivity index (χ4v) is 14.5. The number of fused-ring (bicyclic) bond motifs is 1. The van der Waals surface area contributed by atoms with E-state index >= 15 is 0 Å². The maximum Gasteiger partial charge on any atom is -1.00 e. The first-order valence-corrected chi connectivity index (χ1v) is 17.1. The molecule has 3 aromatic carbocycles. The molecule has 0 heterocycles. The minimum atomic E-state index is -2.54. The van der Waals surface area contributed by atoms with Crippen LogP contribution in [0.3, 0.4) is 0 Å². The third-order valence-electron chi connectivity index (χ3n) is 7.57. The van der Waals surface area contributed by atoms with Crippen molar-refractivity contribution in [3.8, 4) is 0 Å². The van der Waals surface area contributed by atoms with Gasteiger partial charge in [-0.05, 0) is 0 Å². The molecule has 5 rings (SSSR count). The summed E-state index contributed by atoms with van der Waals surface area (Å²) in [6.07, 6.45) is 8.71. The molecule has 0 amide bonds. The number of benzene rings is 3. The molecule has 0 fully saturated rings. The van der Waals surface area contributed by atoms with Gasteiger partial charge in [-0.2, -0.15) is 0 Å². The second-order valence-electron chi connectivity index (χ2n) is 12.2. The summed E-state index contributed by atoms with van der Waals surface area (Å²) >= 11 is -2.54. The molecule has 0 N–H and O–H groups in total. The fraction of sp³-hybridized carbons (Fsp3) is 0.286. The topological polar surface area (TPSA) is 0 Å². The van der Waals surface area contributed by atoms with Crippen LogP contribution in [-0.4, -0.2) is 3.21 Å². The molecule has 0 saturated carbocycles. The molecule has 38 heavy (non-hydrogen) atoms. The van der Waals surface area contributed by atoms with E-state index in [1.807, 2.05) is 0 Å². The van der Waals surface area contributed by atoms with Crippen LogP contribution in [0.4, 0.5) is 0 Å². The third kappa shape index (κ3) is 6.17. The van der Waals surface area contributed by atoms with Gasteiger partial charge in [0, 0.05) is 0 Å². The van der Waals surface area contributed by atoms with E-state index in [4.69, 9.17) is 0 Å². The van der Waals surface area contributed by atoms with E-state index in [-0.39, 0.29) is 35.6 Å². The second-order valence-corrected chi connectivity index (χ2v) is 18.6. The summed E-state index contributed by atoms with van der Waals surface area (Å²) in [7, 11) is 0. The molecule has 0 saturated heterocycles. The van der Waals surface area contributed by atoms with E-state index in [0.29, 0.717) is 3.63 Å². The summed E-state index contributed by atoms with van der Waals surface area (Å²) in [6.45, 7) is 14.4. The molecule has 0 aliphatic heterocycles. The Morgan fingerprint density at radius 1 is 0.684 bits per heavy atom. The molecular weight excluding hydrogens is 583 g/mol. The van der Waals surface area contributed by atoms with E-state index in [1.54, 1.807) is 17.6 Å². The second kappa shape index (κ2) is 12.2. The van der Waals surface area contributed by atoms with Gasteiger partial charge in [-0.15, -0.1) is 0 Å². The van der Waals surface area contributed by atoms with Crippen molar-refractivity contribution in [2.75, 3.05) is 0 Å². The number of halogens is 2. The Morgan fingerprint density at radius 3 is 1.71 bits per heavy atom. The van der Waals surface area contributed by atoms with Gasteiger partial charge in [-0.25, -0.2) is 0 Å². The number of hydrogen-bond donors (Lipinski definition) is 0. The van der Waals surface area contributed by atoms with Gasteiger partial charge in [0.15, 0.2) is 0 Å². The van der Waals surface area contributed by atoms with Crippen molar-refractivity contribution >= 4 is 9.28 Å². The molecule has 0 nitrogen and oxygen atoms in total.